The zero-order valence-electron chi connectivity index (χ0n) is 33.9. The van der Waals surface area contributed by atoms with Gasteiger partial charge in [0.25, 0.3) is 0 Å². The first kappa shape index (κ1) is 53.2. The Balaban J connectivity index is -0.0000000521. The average Bonchev–Trinajstić information content (AvgIpc) is 3.16. The number of aromatic nitrogens is 1. The topological polar surface area (TPSA) is 205 Å². The van der Waals surface area contributed by atoms with Gasteiger partial charge in [-0.3, -0.25) is 14.4 Å². The molecule has 1 aromatic heterocycles. The number of anilines is 1. The Labute approximate surface area is 359 Å². The monoisotopic (exact) mass is 836 g/mol. The van der Waals surface area contributed by atoms with Gasteiger partial charge in [-0.2, -0.15) is 0 Å². The molecule has 57 heavy (non-hydrogen) atoms. The van der Waals surface area contributed by atoms with E-state index >= 15 is 0 Å². The van der Waals surface area contributed by atoms with Crippen LogP contribution >= 0.6 is 0 Å². The molecule has 333 valence electrons. The Morgan fingerprint density at radius 1 is 0.702 bits per heavy atom. The molecule has 4 aromatic rings. The van der Waals surface area contributed by atoms with Crippen LogP contribution in [0.3, 0.4) is 0 Å². The summed E-state index contributed by atoms with van der Waals surface area (Å²) >= 11 is 0. The Hall–Kier alpha value is -5.90. The van der Waals surface area contributed by atoms with Gasteiger partial charge in [0.1, 0.15) is 29.4 Å². The maximum absolute atomic E-state index is 11.8. The van der Waals surface area contributed by atoms with E-state index in [4.69, 9.17) is 44.3 Å². The molecule has 3 aromatic carbocycles. The van der Waals surface area contributed by atoms with Crippen LogP contribution in [-0.2, 0) is 28.5 Å². The number of rotatable bonds is 14. The fourth-order valence-electron chi connectivity index (χ4n) is 4.36. The second kappa shape index (κ2) is 31.3. The normalized spacial score (nSPS) is 9.72. The number of nitrogens with two attached hydrogens (primary N) is 2. The van der Waals surface area contributed by atoms with Crippen molar-refractivity contribution in [2.45, 2.75) is 47.5 Å². The number of pyridine rings is 1. The molecule has 0 aliphatic rings. The van der Waals surface area contributed by atoms with Gasteiger partial charge in [-0.05, 0) is 71.0 Å². The number of methoxy groups -OCH3 is 3. The molecular formula is C40H77BClN4O11. The van der Waals surface area contributed by atoms with Crippen LogP contribution in [0.4, 0.5) is 11.4 Å². The Morgan fingerprint density at radius 2 is 1.23 bits per heavy atom. The van der Waals surface area contributed by atoms with Crippen LogP contribution in [-0.4, -0.2) is 91.5 Å². The first-order chi connectivity index (χ1) is 26.5. The lowest BCUT2D eigenvalue weighted by molar-refractivity contribution is -0.154. The molecule has 0 aliphatic heterocycles. The first-order valence-corrected chi connectivity index (χ1v) is 17.6. The number of ether oxygens (including phenoxy) is 8. The Morgan fingerprint density at radius 3 is 1.75 bits per heavy atom. The van der Waals surface area contributed by atoms with Crippen molar-refractivity contribution in [1.29, 1.82) is 0 Å². The van der Waals surface area contributed by atoms with Crippen LogP contribution < -0.4 is 47.9 Å². The highest BCUT2D eigenvalue weighted by molar-refractivity contribution is 5.95. The quantitative estimate of drug-likeness (QED) is 0.0532. The second-order valence-corrected chi connectivity index (χ2v) is 10.5. The lowest BCUT2D eigenvalue weighted by atomic mass is 10.2. The van der Waals surface area contributed by atoms with Crippen molar-refractivity contribution in [2.24, 2.45) is 4.99 Å². The van der Waals surface area contributed by atoms with Crippen LogP contribution in [0.5, 0.6) is 23.1 Å². The number of nitrogen functional groups attached to an aromatic ring is 1. The maximum Gasteiger partial charge on any atom is 0.344 e. The molecule has 15 nitrogen and oxygen atoms in total. The highest BCUT2D eigenvalue weighted by Crippen LogP contribution is 2.27. The molecular weight excluding hydrogens is 759 g/mol. The molecule has 17 heteroatoms. The molecule has 0 unspecified atom stereocenters. The number of hydrogen-bond acceptors (Lipinski definition) is 13. The summed E-state index contributed by atoms with van der Waals surface area (Å²) in [5.41, 5.74) is 7.40. The first-order valence-electron chi connectivity index (χ1n) is 17.6. The van der Waals surface area contributed by atoms with E-state index in [2.05, 4.69) is 14.7 Å². The third-order valence-corrected chi connectivity index (χ3v) is 6.66. The number of fused-ring (bicyclic) bond motifs is 1. The minimum absolute atomic E-state index is 0. The van der Waals surface area contributed by atoms with Gasteiger partial charge in [0.05, 0.1) is 65.6 Å². The number of benzene rings is 3. The largest absolute Gasteiger partial charge is 1.00 e. The van der Waals surface area contributed by atoms with E-state index in [9.17, 15) is 14.4 Å². The minimum atomic E-state index is -0.357. The van der Waals surface area contributed by atoms with Crippen molar-refractivity contribution in [2.75, 3.05) is 60.1 Å². The summed E-state index contributed by atoms with van der Waals surface area (Å²) in [4.78, 5) is 41.3. The summed E-state index contributed by atoms with van der Waals surface area (Å²) in [6.07, 6.45) is 0.0570. The Bertz CT molecular complexity index is 1890. The Kier molecular flexibility index (Phi) is 29.2. The maximum atomic E-state index is 11.8. The van der Waals surface area contributed by atoms with Crippen molar-refractivity contribution in [3.05, 3.63) is 83.0 Å². The van der Waals surface area contributed by atoms with E-state index in [1.807, 2.05) is 44.2 Å². The number of carbonyl (C=O) groups excluding carboxylic acids is 2. The summed E-state index contributed by atoms with van der Waals surface area (Å²) < 4.78 is 40.3. The molecule has 1 heterocycles. The van der Waals surface area contributed by atoms with Crippen molar-refractivity contribution in [1.82, 2.24) is 4.98 Å². The van der Waals surface area contributed by atoms with E-state index in [1.165, 1.54) is 6.07 Å². The number of halogens is 1. The van der Waals surface area contributed by atoms with Gasteiger partial charge in [0.15, 0.2) is 23.6 Å². The van der Waals surface area contributed by atoms with Crippen molar-refractivity contribution in [3.63, 3.8) is 0 Å². The highest BCUT2D eigenvalue weighted by Gasteiger charge is 2.12. The molecule has 0 fully saturated rings. The molecule has 0 bridgehead atoms. The fraction of sp³-hybridized carbons (Fsp3) is 0.375. The number of nitrogens with zero attached hydrogens (tertiary/aromatic N) is 1. The van der Waals surface area contributed by atoms with Gasteiger partial charge >= 0.3 is 17.8 Å². The van der Waals surface area contributed by atoms with Gasteiger partial charge in [0.2, 0.25) is 0 Å². The van der Waals surface area contributed by atoms with E-state index in [-0.39, 0.29) is 72.6 Å². The number of H-pyrrole nitrogens is 1. The van der Waals surface area contributed by atoms with E-state index in [1.54, 1.807) is 78.5 Å². The predicted molar refractivity (Wildman–Crippen MR) is 241 cm³/mol. The molecule has 0 aliphatic carbocycles. The standard InChI is InChI=1S/C14H19NO4.C12H13NO3.C7H13NO3.C7H9NO.B.ClH.11H2/c1-4-18-13(10-14(16)19-5-2)15-11-8-6-7-9-12(11)17-3;1-3-16-11-7-9(14)8-5-4-6-10(15-2)12(8)13-11;1-3-10-6(8)5-7(9)11-4-2;1-9-7-5-3-2-4-6(7)8;;;;;;;;;;;;;/h6-9H,4-5,10H2,1-3H3;4-7H,3H2,1-2H3,(H,13,14);8H,3-5H2,1-2H3;2-5H,8H2,1H3;;12*1H. The molecule has 0 saturated carbocycles. The third-order valence-electron chi connectivity index (χ3n) is 6.66. The number of carbonyl (C=O) groups is 2. The summed E-state index contributed by atoms with van der Waals surface area (Å²) in [6, 6.07) is 21.5. The summed E-state index contributed by atoms with van der Waals surface area (Å²) in [5.74, 6) is 2.29. The number of para-hydroxylation sites is 5. The van der Waals surface area contributed by atoms with Crippen LogP contribution in [0.25, 0.3) is 10.9 Å². The highest BCUT2D eigenvalue weighted by atomic mass is 35.5. The number of aromatic amines is 1. The van der Waals surface area contributed by atoms with Gasteiger partial charge < -0.3 is 61.0 Å². The van der Waals surface area contributed by atoms with Crippen molar-refractivity contribution in [3.8, 4) is 23.1 Å². The van der Waals surface area contributed by atoms with E-state index < -0.39 is 0 Å². The van der Waals surface area contributed by atoms with Crippen molar-refractivity contribution < 1.29 is 81.0 Å². The molecule has 4 rings (SSSR count). The lowest BCUT2D eigenvalue weighted by Crippen LogP contribution is -3.00. The van der Waals surface area contributed by atoms with Crippen LogP contribution in [0.15, 0.2) is 82.6 Å². The molecule has 0 spiro atoms. The van der Waals surface area contributed by atoms with Gasteiger partial charge in [0, 0.05) is 35.6 Å². The van der Waals surface area contributed by atoms with Gasteiger partial charge in [-0.1, -0.05) is 30.3 Å². The second-order valence-electron chi connectivity index (χ2n) is 10.5. The van der Waals surface area contributed by atoms with Crippen LogP contribution in [0.2, 0.25) is 0 Å². The number of hydrogen-bond donors (Lipinski definition) is 3. The molecule has 0 atom stereocenters. The lowest BCUT2D eigenvalue weighted by Gasteiger charge is -2.09. The molecule has 0 amide bonds. The van der Waals surface area contributed by atoms with E-state index in [0.717, 1.165) is 5.75 Å². The van der Waals surface area contributed by atoms with Gasteiger partial charge in [-0.25, -0.2) is 10.4 Å². The zero-order chi connectivity index (χ0) is 41.0. The number of aliphatic imine (C=N–C) groups is 1. The van der Waals surface area contributed by atoms with Gasteiger partial charge in [-0.15, -0.1) is 0 Å². The summed E-state index contributed by atoms with van der Waals surface area (Å²) in [7, 11) is 4.74. The molecule has 3 radical (unpaired) electrons. The average molecular weight is 836 g/mol. The summed E-state index contributed by atoms with van der Waals surface area (Å²) in [5, 5.41) is 5.91. The van der Waals surface area contributed by atoms with Crippen LogP contribution in [0, 0.1) is 0 Å². The van der Waals surface area contributed by atoms with Crippen molar-refractivity contribution >= 4 is 54.4 Å². The number of esters is 2. The smallest absolute Gasteiger partial charge is 0.344 e. The minimum Gasteiger partial charge on any atom is -1.00 e. The molecule has 0 saturated heterocycles. The molecule has 5 N–H and O–H groups in total. The van der Waals surface area contributed by atoms with Crippen LogP contribution in [0.1, 0.15) is 63.2 Å². The number of nitrogens with one attached hydrogen (secondary N) is 1. The SMILES string of the molecule is CCOC(=O)CC(=Nc1ccccc1OC)OCC.CCOC(=[NH2+])CC(=O)OCC.CCOc1cc(=O)c2cccc(OC)c2[nH]1.COc1ccccc1N.[B].[Cl-].[HH].[HH].[HH].[HH].[HH].[HH].[HH].[HH].[HH].[HH].[HH]. The summed E-state index contributed by atoms with van der Waals surface area (Å²) in [6.45, 7) is 11.1. The third kappa shape index (κ3) is 20.6. The fourth-order valence-corrected chi connectivity index (χ4v) is 4.36. The zero-order valence-corrected chi connectivity index (χ0v) is 34.7. The predicted octanol–water partition coefficient (Wildman–Crippen LogP) is 4.39. The van der Waals surface area contributed by atoms with E-state index in [0.29, 0.717) is 78.6 Å².